The van der Waals surface area contributed by atoms with E-state index in [0.717, 1.165) is 0 Å². The van der Waals surface area contributed by atoms with E-state index in [1.165, 1.54) is 0 Å². The Labute approximate surface area is 193 Å². The number of carbonyl (C=O) groups is 3. The van der Waals surface area contributed by atoms with Gasteiger partial charge in [-0.25, -0.2) is 14.4 Å². The predicted molar refractivity (Wildman–Crippen MR) is 123 cm³/mol. The number of hydrogen-bond donors (Lipinski definition) is 0. The Bertz CT molecular complexity index is 990. The maximum atomic E-state index is 12.7. The van der Waals surface area contributed by atoms with E-state index in [2.05, 4.69) is 0 Å². The minimum Gasteiger partial charge on any atom is -0.462 e. The molecule has 0 N–H and O–H groups in total. The molecule has 0 saturated carbocycles. The van der Waals surface area contributed by atoms with Crippen molar-refractivity contribution in [2.24, 2.45) is 0 Å². The van der Waals surface area contributed by atoms with Crippen LogP contribution in [0.4, 0.5) is 0 Å². The molecule has 3 rings (SSSR count). The van der Waals surface area contributed by atoms with Crippen LogP contribution in [0.15, 0.2) is 91.0 Å². The van der Waals surface area contributed by atoms with Gasteiger partial charge >= 0.3 is 17.9 Å². The summed E-state index contributed by atoms with van der Waals surface area (Å²) in [6, 6.07) is 25.9. The van der Waals surface area contributed by atoms with Crippen LogP contribution in [0, 0.1) is 0 Å². The third-order valence-electron chi connectivity index (χ3n) is 5.10. The smallest absolute Gasteiger partial charge is 0.338 e. The molecule has 0 fully saturated rings. The molecule has 0 aliphatic rings. The largest absolute Gasteiger partial charge is 0.462 e. The van der Waals surface area contributed by atoms with Crippen LogP contribution in [0.1, 0.15) is 50.8 Å². The van der Waals surface area contributed by atoms with Gasteiger partial charge in [-0.1, -0.05) is 54.6 Å². The van der Waals surface area contributed by atoms with Gasteiger partial charge in [0.2, 0.25) is 0 Å². The summed E-state index contributed by atoms with van der Waals surface area (Å²) in [5.41, 5.74) is 0.279. The highest BCUT2D eigenvalue weighted by atomic mass is 16.6. The summed E-state index contributed by atoms with van der Waals surface area (Å²) in [5.74, 6) is -1.41. The topological polar surface area (TPSA) is 78.9 Å². The first-order valence-corrected chi connectivity index (χ1v) is 10.7. The molecule has 6 nitrogen and oxygen atoms in total. The minimum atomic E-state index is -1.01. The molecular weight excluding hydrogens is 420 g/mol. The van der Waals surface area contributed by atoms with E-state index >= 15 is 0 Å². The highest BCUT2D eigenvalue weighted by molar-refractivity contribution is 5.90. The normalized spacial score (nSPS) is 10.8. The molecule has 0 unspecified atom stereocenters. The molecule has 0 aromatic heterocycles. The Kier molecular flexibility index (Phi) is 8.36. The molecule has 6 heteroatoms. The first-order chi connectivity index (χ1) is 16.0. The molecule has 0 aliphatic heterocycles. The van der Waals surface area contributed by atoms with E-state index in [4.69, 9.17) is 14.2 Å². The van der Waals surface area contributed by atoms with E-state index in [-0.39, 0.29) is 26.1 Å². The highest BCUT2D eigenvalue weighted by Gasteiger charge is 2.30. The Morgan fingerprint density at radius 2 is 0.909 bits per heavy atom. The zero-order valence-electron chi connectivity index (χ0n) is 18.4. The fourth-order valence-electron chi connectivity index (χ4n) is 3.12. The first-order valence-electron chi connectivity index (χ1n) is 10.7. The van der Waals surface area contributed by atoms with Crippen LogP contribution in [-0.4, -0.2) is 36.7 Å². The second kappa shape index (κ2) is 11.6. The van der Waals surface area contributed by atoms with Crippen LogP contribution < -0.4 is 0 Å². The number of carbonyl (C=O) groups excluding carboxylic acids is 3. The van der Waals surface area contributed by atoms with Crippen molar-refractivity contribution in [2.45, 2.75) is 25.4 Å². The molecule has 0 aliphatic carbocycles. The Balaban J connectivity index is 1.61. The molecule has 0 radical (unpaired) electrons. The molecule has 0 saturated heterocycles. The average molecular weight is 446 g/mol. The minimum absolute atomic E-state index is 0.0406. The van der Waals surface area contributed by atoms with Gasteiger partial charge in [0, 0.05) is 12.8 Å². The second-order valence-corrected chi connectivity index (χ2v) is 7.71. The lowest BCUT2D eigenvalue weighted by atomic mass is 9.98. The van der Waals surface area contributed by atoms with E-state index in [0.29, 0.717) is 16.7 Å². The number of hydrogen-bond acceptors (Lipinski definition) is 6. The van der Waals surface area contributed by atoms with Gasteiger partial charge < -0.3 is 14.2 Å². The number of ether oxygens (including phenoxy) is 3. The Hall–Kier alpha value is -3.93. The van der Waals surface area contributed by atoms with Crippen LogP contribution in [0.2, 0.25) is 0 Å². The average Bonchev–Trinajstić information content (AvgIpc) is 2.85. The van der Waals surface area contributed by atoms with E-state index in [1.54, 1.807) is 79.7 Å². The van der Waals surface area contributed by atoms with Crippen LogP contribution in [0.3, 0.4) is 0 Å². The lowest BCUT2D eigenvalue weighted by molar-refractivity contribution is -0.0358. The third-order valence-corrected chi connectivity index (χ3v) is 5.10. The number of esters is 3. The van der Waals surface area contributed by atoms with E-state index < -0.39 is 23.5 Å². The van der Waals surface area contributed by atoms with Gasteiger partial charge in [-0.05, 0) is 43.3 Å². The Morgan fingerprint density at radius 1 is 0.576 bits per heavy atom. The van der Waals surface area contributed by atoms with Gasteiger partial charge in [0.1, 0.15) is 5.60 Å². The fraction of sp³-hybridized carbons (Fsp3) is 0.222. The fourth-order valence-corrected chi connectivity index (χ4v) is 3.12. The third kappa shape index (κ3) is 7.31. The van der Waals surface area contributed by atoms with Gasteiger partial charge in [-0.15, -0.1) is 0 Å². The van der Waals surface area contributed by atoms with Gasteiger partial charge in [0.15, 0.2) is 0 Å². The molecular formula is C27H26O6. The summed E-state index contributed by atoms with van der Waals surface area (Å²) in [5, 5.41) is 0. The van der Waals surface area contributed by atoms with Crippen molar-refractivity contribution in [3.63, 3.8) is 0 Å². The number of rotatable bonds is 10. The molecule has 0 heterocycles. The lowest BCUT2D eigenvalue weighted by Gasteiger charge is -2.29. The highest BCUT2D eigenvalue weighted by Crippen LogP contribution is 2.23. The Morgan fingerprint density at radius 3 is 1.27 bits per heavy atom. The van der Waals surface area contributed by atoms with Crippen molar-refractivity contribution < 1.29 is 28.6 Å². The van der Waals surface area contributed by atoms with Crippen LogP contribution in [0.5, 0.6) is 0 Å². The summed E-state index contributed by atoms with van der Waals surface area (Å²) in [6.45, 7) is 1.82. The predicted octanol–water partition coefficient (Wildman–Crippen LogP) is 5.10. The second-order valence-electron chi connectivity index (χ2n) is 7.71. The summed E-state index contributed by atoms with van der Waals surface area (Å²) in [7, 11) is 0. The molecule has 0 atom stereocenters. The molecule has 33 heavy (non-hydrogen) atoms. The van der Waals surface area contributed by atoms with Gasteiger partial charge in [-0.2, -0.15) is 0 Å². The summed E-state index contributed by atoms with van der Waals surface area (Å²) < 4.78 is 16.5. The van der Waals surface area contributed by atoms with Gasteiger partial charge in [-0.3, -0.25) is 0 Å². The molecule has 170 valence electrons. The van der Waals surface area contributed by atoms with E-state index in [1.807, 2.05) is 18.2 Å². The van der Waals surface area contributed by atoms with Crippen molar-refractivity contribution in [1.29, 1.82) is 0 Å². The molecule has 0 spiro atoms. The molecule has 0 bridgehead atoms. The SMILES string of the molecule is CC(CCOC(=O)c1ccccc1)(CCOC(=O)c1ccccc1)OC(=O)c1ccccc1. The van der Waals surface area contributed by atoms with Gasteiger partial charge in [0.25, 0.3) is 0 Å². The first kappa shape index (κ1) is 23.7. The van der Waals surface area contributed by atoms with Gasteiger partial charge in [0.05, 0.1) is 29.9 Å². The summed E-state index contributed by atoms with van der Waals surface area (Å²) in [4.78, 5) is 37.1. The van der Waals surface area contributed by atoms with Crippen LogP contribution in [0.25, 0.3) is 0 Å². The summed E-state index contributed by atoms with van der Waals surface area (Å²) in [6.07, 6.45) is 0.486. The standard InChI is InChI=1S/C27H26O6/c1-27(33-26(30)23-15-9-4-10-16-23,17-19-31-24(28)21-11-5-2-6-12-21)18-20-32-25(29)22-13-7-3-8-14-22/h2-16H,17-20H2,1H3. The quantitative estimate of drug-likeness (QED) is 0.319. The zero-order chi connectivity index (χ0) is 23.5. The lowest BCUT2D eigenvalue weighted by Crippen LogP contribution is -2.35. The van der Waals surface area contributed by atoms with Crippen molar-refractivity contribution >= 4 is 17.9 Å². The zero-order valence-corrected chi connectivity index (χ0v) is 18.4. The monoisotopic (exact) mass is 446 g/mol. The summed E-state index contributed by atoms with van der Waals surface area (Å²) >= 11 is 0. The maximum absolute atomic E-state index is 12.7. The van der Waals surface area contributed by atoms with Crippen LogP contribution >= 0.6 is 0 Å². The maximum Gasteiger partial charge on any atom is 0.338 e. The van der Waals surface area contributed by atoms with Crippen LogP contribution in [-0.2, 0) is 14.2 Å². The molecule has 0 amide bonds. The molecule has 3 aromatic rings. The van der Waals surface area contributed by atoms with Crippen molar-refractivity contribution in [3.05, 3.63) is 108 Å². The van der Waals surface area contributed by atoms with Crippen molar-refractivity contribution in [2.75, 3.05) is 13.2 Å². The number of benzene rings is 3. The molecule has 3 aromatic carbocycles. The van der Waals surface area contributed by atoms with Crippen molar-refractivity contribution in [3.8, 4) is 0 Å². The van der Waals surface area contributed by atoms with E-state index in [9.17, 15) is 14.4 Å². The van der Waals surface area contributed by atoms with Crippen molar-refractivity contribution in [1.82, 2.24) is 0 Å².